The number of amides is 3. The minimum atomic E-state index is -0.976. The molecule has 0 spiro atoms. The number of hydrogen-bond acceptors (Lipinski definition) is 4. The summed E-state index contributed by atoms with van der Waals surface area (Å²) in [7, 11) is 0. The highest BCUT2D eigenvalue weighted by Crippen LogP contribution is 2.40. The molecule has 3 amide bonds. The van der Waals surface area contributed by atoms with Crippen molar-refractivity contribution < 1.29 is 19.1 Å². The van der Waals surface area contributed by atoms with Gasteiger partial charge in [0, 0.05) is 6.04 Å². The third-order valence-corrected chi connectivity index (χ3v) is 4.60. The van der Waals surface area contributed by atoms with Crippen molar-refractivity contribution in [2.75, 3.05) is 0 Å². The molecular formula is C18H32N2O4. The SMILES string of the molecule is CC(C)NC(=O)NC(=O)C(C)OC(=O)C1CCC(C(C)(C)C)CC1. The Hall–Kier alpha value is -1.59. The van der Waals surface area contributed by atoms with Crippen LogP contribution in [0.4, 0.5) is 4.79 Å². The minimum Gasteiger partial charge on any atom is -0.452 e. The molecule has 1 aliphatic carbocycles. The summed E-state index contributed by atoms with van der Waals surface area (Å²) in [4.78, 5) is 35.6. The summed E-state index contributed by atoms with van der Waals surface area (Å²) < 4.78 is 5.25. The molecule has 6 nitrogen and oxygen atoms in total. The molecule has 0 bridgehead atoms. The molecule has 0 radical (unpaired) electrons. The van der Waals surface area contributed by atoms with E-state index in [0.29, 0.717) is 5.92 Å². The van der Waals surface area contributed by atoms with E-state index in [0.717, 1.165) is 25.7 Å². The van der Waals surface area contributed by atoms with Gasteiger partial charge < -0.3 is 10.1 Å². The predicted molar refractivity (Wildman–Crippen MR) is 92.3 cm³/mol. The van der Waals surface area contributed by atoms with E-state index in [1.165, 1.54) is 6.92 Å². The molecule has 1 atom stereocenters. The first-order valence-corrected chi connectivity index (χ1v) is 8.82. The number of esters is 1. The summed E-state index contributed by atoms with van der Waals surface area (Å²) in [5.41, 5.74) is 0.256. The summed E-state index contributed by atoms with van der Waals surface area (Å²) in [6, 6.07) is -0.655. The third-order valence-electron chi connectivity index (χ3n) is 4.60. The number of urea groups is 1. The van der Waals surface area contributed by atoms with Crippen molar-refractivity contribution in [3.8, 4) is 0 Å². The van der Waals surface area contributed by atoms with E-state index >= 15 is 0 Å². The molecule has 1 saturated carbocycles. The molecule has 0 aromatic heterocycles. The second-order valence-corrected chi connectivity index (χ2v) is 8.11. The van der Waals surface area contributed by atoms with E-state index in [2.05, 4.69) is 31.4 Å². The maximum Gasteiger partial charge on any atom is 0.321 e. The van der Waals surface area contributed by atoms with Crippen molar-refractivity contribution in [1.29, 1.82) is 0 Å². The van der Waals surface area contributed by atoms with Crippen LogP contribution in [0, 0.1) is 17.3 Å². The molecule has 0 heterocycles. The molecule has 24 heavy (non-hydrogen) atoms. The van der Waals surface area contributed by atoms with Crippen LogP contribution in [0.25, 0.3) is 0 Å². The fraction of sp³-hybridized carbons (Fsp3) is 0.833. The van der Waals surface area contributed by atoms with Crippen molar-refractivity contribution in [3.63, 3.8) is 0 Å². The topological polar surface area (TPSA) is 84.5 Å². The molecule has 138 valence electrons. The maximum atomic E-state index is 12.2. The number of ether oxygens (including phenoxy) is 1. The minimum absolute atomic E-state index is 0.0753. The fourth-order valence-electron chi connectivity index (χ4n) is 3.03. The second kappa shape index (κ2) is 8.49. The van der Waals surface area contributed by atoms with Crippen LogP contribution in [0.2, 0.25) is 0 Å². The van der Waals surface area contributed by atoms with Crippen molar-refractivity contribution in [1.82, 2.24) is 10.6 Å². The number of carbonyl (C=O) groups is 3. The Kier molecular flexibility index (Phi) is 7.24. The van der Waals surface area contributed by atoms with E-state index in [9.17, 15) is 14.4 Å². The van der Waals surface area contributed by atoms with Crippen molar-refractivity contribution in [3.05, 3.63) is 0 Å². The molecule has 1 fully saturated rings. The lowest BCUT2D eigenvalue weighted by molar-refractivity contribution is -0.160. The Balaban J connectivity index is 2.42. The van der Waals surface area contributed by atoms with Gasteiger partial charge in [-0.1, -0.05) is 20.8 Å². The zero-order chi connectivity index (χ0) is 18.5. The van der Waals surface area contributed by atoms with E-state index in [-0.39, 0.29) is 23.3 Å². The van der Waals surface area contributed by atoms with Crippen LogP contribution in [0.3, 0.4) is 0 Å². The summed E-state index contributed by atoms with van der Waals surface area (Å²) in [5, 5.41) is 4.73. The lowest BCUT2D eigenvalue weighted by Gasteiger charge is -2.36. The first-order chi connectivity index (χ1) is 11.0. The van der Waals surface area contributed by atoms with E-state index in [4.69, 9.17) is 4.74 Å². The quantitative estimate of drug-likeness (QED) is 0.771. The average molecular weight is 340 g/mol. The molecule has 0 aromatic rings. The summed E-state index contributed by atoms with van der Waals surface area (Å²) in [6.07, 6.45) is 2.61. The fourth-order valence-corrected chi connectivity index (χ4v) is 3.03. The van der Waals surface area contributed by atoms with E-state index < -0.39 is 18.0 Å². The van der Waals surface area contributed by atoms with Crippen molar-refractivity contribution >= 4 is 17.9 Å². The molecule has 2 N–H and O–H groups in total. The first kappa shape index (κ1) is 20.5. The molecule has 0 aromatic carbocycles. The Morgan fingerprint density at radius 1 is 1.00 bits per heavy atom. The Morgan fingerprint density at radius 2 is 1.54 bits per heavy atom. The van der Waals surface area contributed by atoms with Crippen LogP contribution >= 0.6 is 0 Å². The standard InChI is InChI=1S/C18H32N2O4/c1-11(2)19-17(23)20-15(21)12(3)24-16(22)13-7-9-14(10-8-13)18(4,5)6/h11-14H,7-10H2,1-6H3,(H2,19,20,21,23). The van der Waals surface area contributed by atoms with Gasteiger partial charge in [-0.3, -0.25) is 14.9 Å². The van der Waals surface area contributed by atoms with Gasteiger partial charge in [0.1, 0.15) is 0 Å². The monoisotopic (exact) mass is 340 g/mol. The number of nitrogens with one attached hydrogen (secondary N) is 2. The second-order valence-electron chi connectivity index (χ2n) is 8.11. The van der Waals surface area contributed by atoms with Gasteiger partial charge in [0.05, 0.1) is 5.92 Å². The third kappa shape index (κ3) is 6.49. The lowest BCUT2D eigenvalue weighted by atomic mass is 9.70. The van der Waals surface area contributed by atoms with Crippen LogP contribution in [0.1, 0.15) is 67.2 Å². The van der Waals surface area contributed by atoms with E-state index in [1.54, 1.807) is 13.8 Å². The highest BCUT2D eigenvalue weighted by Gasteiger charge is 2.34. The number of imide groups is 1. The number of rotatable bonds is 4. The van der Waals surface area contributed by atoms with Gasteiger partial charge in [-0.2, -0.15) is 0 Å². The van der Waals surface area contributed by atoms with Crippen molar-refractivity contribution in [2.24, 2.45) is 17.3 Å². The van der Waals surface area contributed by atoms with Gasteiger partial charge in [0.15, 0.2) is 6.10 Å². The molecule has 6 heteroatoms. The van der Waals surface area contributed by atoms with Crippen LogP contribution < -0.4 is 10.6 Å². The Morgan fingerprint density at radius 3 is 2.00 bits per heavy atom. The first-order valence-electron chi connectivity index (χ1n) is 8.82. The Bertz CT molecular complexity index is 460. The molecule has 1 rings (SSSR count). The smallest absolute Gasteiger partial charge is 0.321 e. The average Bonchev–Trinajstić information content (AvgIpc) is 2.45. The number of carbonyl (C=O) groups excluding carboxylic acids is 3. The molecule has 0 saturated heterocycles. The summed E-state index contributed by atoms with van der Waals surface area (Å²) in [5.74, 6) is -0.482. The zero-order valence-corrected chi connectivity index (χ0v) is 15.8. The molecule has 1 aliphatic rings. The van der Waals surface area contributed by atoms with Gasteiger partial charge in [0.25, 0.3) is 5.91 Å². The Labute approximate surface area is 145 Å². The molecule has 1 unspecified atom stereocenters. The number of hydrogen-bond donors (Lipinski definition) is 2. The van der Waals surface area contributed by atoms with Crippen LogP contribution in [0.5, 0.6) is 0 Å². The maximum absolute atomic E-state index is 12.2. The highest BCUT2D eigenvalue weighted by molar-refractivity contribution is 5.97. The van der Waals surface area contributed by atoms with Gasteiger partial charge in [0.2, 0.25) is 0 Å². The molecule has 0 aliphatic heterocycles. The van der Waals surface area contributed by atoms with Crippen LogP contribution in [0.15, 0.2) is 0 Å². The van der Waals surface area contributed by atoms with Gasteiger partial charge in [-0.05, 0) is 57.8 Å². The highest BCUT2D eigenvalue weighted by atomic mass is 16.5. The zero-order valence-electron chi connectivity index (χ0n) is 15.8. The summed E-state index contributed by atoms with van der Waals surface area (Å²) >= 11 is 0. The molecular weight excluding hydrogens is 308 g/mol. The van der Waals surface area contributed by atoms with E-state index in [1.807, 2.05) is 0 Å². The van der Waals surface area contributed by atoms with Gasteiger partial charge >= 0.3 is 12.0 Å². The largest absolute Gasteiger partial charge is 0.452 e. The van der Waals surface area contributed by atoms with Gasteiger partial charge in [-0.25, -0.2) is 4.79 Å². The normalized spacial score (nSPS) is 22.6. The summed E-state index contributed by atoms with van der Waals surface area (Å²) in [6.45, 7) is 11.8. The van der Waals surface area contributed by atoms with Crippen molar-refractivity contribution in [2.45, 2.75) is 79.4 Å². The van der Waals surface area contributed by atoms with Crippen LogP contribution in [-0.4, -0.2) is 30.1 Å². The lowest BCUT2D eigenvalue weighted by Crippen LogP contribution is -2.47. The van der Waals surface area contributed by atoms with Gasteiger partial charge in [-0.15, -0.1) is 0 Å². The predicted octanol–water partition coefficient (Wildman–Crippen LogP) is 3.00. The van der Waals surface area contributed by atoms with Crippen LogP contribution in [-0.2, 0) is 14.3 Å².